The number of alkyl halides is 3. The summed E-state index contributed by atoms with van der Waals surface area (Å²) in [6.45, 7) is 3.56. The third-order valence-electron chi connectivity index (χ3n) is 6.57. The van der Waals surface area contributed by atoms with Gasteiger partial charge in [0.1, 0.15) is 4.83 Å². The third kappa shape index (κ3) is 5.41. The Balaban J connectivity index is 1.80. The Kier molecular flexibility index (Phi) is 7.42. The Morgan fingerprint density at radius 3 is 2.44 bits per heavy atom. The van der Waals surface area contributed by atoms with Gasteiger partial charge in [0.05, 0.1) is 22.8 Å². The number of rotatable bonds is 6. The Bertz CT molecular complexity index is 1400. The van der Waals surface area contributed by atoms with E-state index in [2.05, 4.69) is 0 Å². The molecule has 1 aliphatic heterocycles. The Morgan fingerprint density at radius 2 is 1.81 bits per heavy atom. The molecular formula is C25H28F3N3O4S. The zero-order valence-electron chi connectivity index (χ0n) is 20.1. The molecule has 0 aliphatic carbocycles. The number of hydrogen-bond donors (Lipinski definition) is 1. The fraction of sp³-hybridized carbons (Fsp3) is 0.480. The van der Waals surface area contributed by atoms with E-state index >= 15 is 0 Å². The van der Waals surface area contributed by atoms with E-state index < -0.39 is 36.5 Å². The van der Waals surface area contributed by atoms with Gasteiger partial charge in [0.2, 0.25) is 0 Å². The van der Waals surface area contributed by atoms with Crippen molar-refractivity contribution in [3.05, 3.63) is 66.7 Å². The molecule has 2 aromatic heterocycles. The van der Waals surface area contributed by atoms with Crippen molar-refractivity contribution >= 4 is 27.5 Å². The summed E-state index contributed by atoms with van der Waals surface area (Å²) >= 11 is 0.886. The number of piperidine rings is 1. The highest BCUT2D eigenvalue weighted by atomic mass is 32.1. The van der Waals surface area contributed by atoms with Crippen LogP contribution in [0.5, 0.6) is 0 Å². The fourth-order valence-corrected chi connectivity index (χ4v) is 5.84. The van der Waals surface area contributed by atoms with Crippen LogP contribution in [-0.4, -0.2) is 50.4 Å². The normalized spacial score (nSPS) is 15.1. The van der Waals surface area contributed by atoms with Crippen LogP contribution >= 0.6 is 11.3 Å². The van der Waals surface area contributed by atoms with Crippen LogP contribution in [0.2, 0.25) is 0 Å². The van der Waals surface area contributed by atoms with Gasteiger partial charge >= 0.3 is 11.9 Å². The SMILES string of the molecule is Cc1cccc(CCn2c(=O)c3c(C)c(C(=O)N4CCC(O)CC4)sc3n(CCC(F)(F)F)c2=O)c1. The van der Waals surface area contributed by atoms with Crippen molar-refractivity contribution in [2.45, 2.75) is 64.9 Å². The van der Waals surface area contributed by atoms with Gasteiger partial charge in [-0.05, 0) is 44.2 Å². The molecule has 0 bridgehead atoms. The van der Waals surface area contributed by atoms with Crippen molar-refractivity contribution in [2.24, 2.45) is 0 Å². The van der Waals surface area contributed by atoms with Gasteiger partial charge in [-0.3, -0.25) is 18.7 Å². The molecule has 3 heterocycles. The zero-order chi connectivity index (χ0) is 26.2. The second-order valence-corrected chi connectivity index (χ2v) is 10.3. The lowest BCUT2D eigenvalue weighted by Crippen LogP contribution is -2.41. The zero-order valence-corrected chi connectivity index (χ0v) is 20.9. The van der Waals surface area contributed by atoms with Crippen molar-refractivity contribution in [1.82, 2.24) is 14.0 Å². The number of benzene rings is 1. The maximum absolute atomic E-state index is 13.4. The number of carbonyl (C=O) groups excluding carboxylic acids is 1. The first-order chi connectivity index (χ1) is 17.0. The number of thiophene rings is 1. The molecule has 1 saturated heterocycles. The summed E-state index contributed by atoms with van der Waals surface area (Å²) in [4.78, 5) is 41.8. The number of aromatic nitrogens is 2. The summed E-state index contributed by atoms with van der Waals surface area (Å²) in [5.41, 5.74) is 0.855. The molecule has 1 N–H and O–H groups in total. The largest absolute Gasteiger partial charge is 0.393 e. The van der Waals surface area contributed by atoms with Gasteiger partial charge in [-0.25, -0.2) is 4.79 Å². The number of fused-ring (bicyclic) bond motifs is 1. The molecule has 7 nitrogen and oxygen atoms in total. The van der Waals surface area contributed by atoms with Gasteiger partial charge in [-0.1, -0.05) is 29.8 Å². The average molecular weight is 524 g/mol. The molecule has 0 atom stereocenters. The first-order valence-corrected chi connectivity index (χ1v) is 12.6. The van der Waals surface area contributed by atoms with Crippen molar-refractivity contribution in [2.75, 3.05) is 13.1 Å². The van der Waals surface area contributed by atoms with Gasteiger partial charge in [0, 0.05) is 26.2 Å². The first-order valence-electron chi connectivity index (χ1n) is 11.8. The van der Waals surface area contributed by atoms with Crippen LogP contribution in [0.4, 0.5) is 13.2 Å². The van der Waals surface area contributed by atoms with Crippen molar-refractivity contribution in [1.29, 1.82) is 0 Å². The molecule has 194 valence electrons. The lowest BCUT2D eigenvalue weighted by atomic mass is 10.1. The highest BCUT2D eigenvalue weighted by Gasteiger charge is 2.31. The number of carbonyl (C=O) groups is 1. The first kappa shape index (κ1) is 26.2. The molecule has 0 spiro atoms. The minimum absolute atomic E-state index is 0.00561. The van der Waals surface area contributed by atoms with Gasteiger partial charge in [-0.2, -0.15) is 13.2 Å². The fourth-order valence-electron chi connectivity index (χ4n) is 4.55. The molecule has 36 heavy (non-hydrogen) atoms. The minimum Gasteiger partial charge on any atom is -0.393 e. The number of aryl methyl sites for hydroxylation is 4. The number of hydrogen-bond acceptors (Lipinski definition) is 5. The minimum atomic E-state index is -4.49. The van der Waals surface area contributed by atoms with E-state index in [4.69, 9.17) is 0 Å². The number of halogens is 3. The van der Waals surface area contributed by atoms with Crippen LogP contribution in [0.15, 0.2) is 33.9 Å². The average Bonchev–Trinajstić information content (AvgIpc) is 3.15. The Hall–Kier alpha value is -2.92. The van der Waals surface area contributed by atoms with Gasteiger partial charge in [0.15, 0.2) is 0 Å². The van der Waals surface area contributed by atoms with E-state index in [1.807, 2.05) is 31.2 Å². The molecule has 4 rings (SSSR count). The van der Waals surface area contributed by atoms with E-state index in [0.717, 1.165) is 31.6 Å². The molecule has 1 fully saturated rings. The van der Waals surface area contributed by atoms with Crippen molar-refractivity contribution < 1.29 is 23.1 Å². The Labute approximate surface area is 209 Å². The van der Waals surface area contributed by atoms with Crippen LogP contribution < -0.4 is 11.2 Å². The smallest absolute Gasteiger partial charge is 0.390 e. The summed E-state index contributed by atoms with van der Waals surface area (Å²) in [6.07, 6.45) is -5.00. The summed E-state index contributed by atoms with van der Waals surface area (Å²) in [5.74, 6) is -0.346. The molecule has 0 radical (unpaired) electrons. The third-order valence-corrected chi connectivity index (χ3v) is 7.87. The molecular weight excluding hydrogens is 495 g/mol. The highest BCUT2D eigenvalue weighted by Crippen LogP contribution is 2.31. The van der Waals surface area contributed by atoms with Gasteiger partial charge in [-0.15, -0.1) is 11.3 Å². The van der Waals surface area contributed by atoms with Crippen LogP contribution in [0, 0.1) is 13.8 Å². The van der Waals surface area contributed by atoms with Gasteiger partial charge in [0.25, 0.3) is 11.5 Å². The maximum atomic E-state index is 13.4. The van der Waals surface area contributed by atoms with Crippen LogP contribution in [-0.2, 0) is 19.5 Å². The van der Waals surface area contributed by atoms with Crippen molar-refractivity contribution in [3.63, 3.8) is 0 Å². The van der Waals surface area contributed by atoms with E-state index in [1.54, 1.807) is 11.8 Å². The molecule has 1 aromatic carbocycles. The van der Waals surface area contributed by atoms with E-state index in [1.165, 1.54) is 0 Å². The second kappa shape index (κ2) is 10.2. The lowest BCUT2D eigenvalue weighted by molar-refractivity contribution is -0.136. The molecule has 0 saturated carbocycles. The number of amides is 1. The molecule has 3 aromatic rings. The monoisotopic (exact) mass is 523 g/mol. The summed E-state index contributed by atoms with van der Waals surface area (Å²) in [5, 5.41) is 9.85. The van der Waals surface area contributed by atoms with Crippen LogP contribution in [0.3, 0.4) is 0 Å². The molecule has 1 amide bonds. The van der Waals surface area contributed by atoms with E-state index in [9.17, 15) is 32.7 Å². The molecule has 11 heteroatoms. The van der Waals surface area contributed by atoms with Gasteiger partial charge < -0.3 is 10.0 Å². The summed E-state index contributed by atoms with van der Waals surface area (Å²) in [7, 11) is 0. The molecule has 1 aliphatic rings. The molecule has 0 unspecified atom stereocenters. The number of nitrogens with zero attached hydrogens (tertiary/aromatic N) is 3. The summed E-state index contributed by atoms with van der Waals surface area (Å²) in [6, 6.07) is 7.57. The summed E-state index contributed by atoms with van der Waals surface area (Å²) < 4.78 is 41.2. The number of aliphatic hydroxyl groups is 1. The standard InChI is InChI=1S/C25H28F3N3O4S/c1-15-4-3-5-17(14-15)6-12-30-21(33)19-16(2)20(22(34)29-10-7-18(32)8-11-29)36-23(19)31(24(30)35)13-9-25(26,27)28/h3-5,14,18,32H,6-13H2,1-2H3. The predicted octanol–water partition coefficient (Wildman–Crippen LogP) is 3.63. The topological polar surface area (TPSA) is 84.5 Å². The van der Waals surface area contributed by atoms with Crippen LogP contribution in [0.25, 0.3) is 10.2 Å². The number of likely N-dealkylation sites (tertiary alicyclic amines) is 1. The van der Waals surface area contributed by atoms with Crippen LogP contribution in [0.1, 0.15) is 45.6 Å². The predicted molar refractivity (Wildman–Crippen MR) is 132 cm³/mol. The van der Waals surface area contributed by atoms with E-state index in [-0.39, 0.29) is 27.5 Å². The maximum Gasteiger partial charge on any atom is 0.390 e. The highest BCUT2D eigenvalue weighted by molar-refractivity contribution is 7.20. The lowest BCUT2D eigenvalue weighted by Gasteiger charge is -2.29. The second-order valence-electron chi connectivity index (χ2n) is 9.25. The number of aliphatic hydroxyl groups excluding tert-OH is 1. The van der Waals surface area contributed by atoms with E-state index in [0.29, 0.717) is 37.9 Å². The quantitative estimate of drug-likeness (QED) is 0.535. The van der Waals surface area contributed by atoms with Crippen molar-refractivity contribution in [3.8, 4) is 0 Å². The Morgan fingerprint density at radius 1 is 1.11 bits per heavy atom.